The molecule has 2 saturated heterocycles. The van der Waals surface area contributed by atoms with Crippen LogP contribution in [0.1, 0.15) is 52.6 Å². The van der Waals surface area contributed by atoms with E-state index in [1.165, 1.54) is 24.2 Å². The van der Waals surface area contributed by atoms with E-state index in [1.807, 2.05) is 4.90 Å². The summed E-state index contributed by atoms with van der Waals surface area (Å²) >= 11 is 1.32. The molecule has 0 spiro atoms. The molecular formula is C16H23N3O2S. The number of hydrogen-bond donors (Lipinski definition) is 1. The van der Waals surface area contributed by atoms with Crippen LogP contribution in [0, 0.1) is 0 Å². The first-order valence-corrected chi connectivity index (χ1v) is 8.93. The van der Waals surface area contributed by atoms with Crippen molar-refractivity contribution >= 4 is 23.2 Å². The molecule has 120 valence electrons. The van der Waals surface area contributed by atoms with E-state index in [-0.39, 0.29) is 5.91 Å². The molecule has 3 heterocycles. The van der Waals surface area contributed by atoms with Crippen LogP contribution in [0.25, 0.3) is 0 Å². The Morgan fingerprint density at radius 1 is 1.27 bits per heavy atom. The molecular weight excluding hydrogens is 298 g/mol. The molecule has 2 fully saturated rings. The Balaban J connectivity index is 1.77. The standard InChI is InChI=1S/C16H23N3O2S/c1-2-18-7-3-5-12(18)13-6-4-8-19(13)16(21)14-9-11(10-22-14)15(17)20/h9-10,12-13H,2-8H2,1H3,(H2,17,20)/t12-,13+/m0/s1. The SMILES string of the molecule is CCN1CCC[C@H]1[C@H]1CCCN1C(=O)c1cc(C(N)=O)cs1. The Bertz CT molecular complexity index is 571. The highest BCUT2D eigenvalue weighted by Crippen LogP contribution is 2.31. The number of rotatable bonds is 4. The molecule has 2 aliphatic rings. The predicted molar refractivity (Wildman–Crippen MR) is 87.2 cm³/mol. The van der Waals surface area contributed by atoms with Gasteiger partial charge in [0.05, 0.1) is 10.4 Å². The van der Waals surface area contributed by atoms with Crippen molar-refractivity contribution in [3.8, 4) is 0 Å². The van der Waals surface area contributed by atoms with Crippen LogP contribution in [-0.4, -0.2) is 53.3 Å². The highest BCUT2D eigenvalue weighted by atomic mass is 32.1. The third-order valence-corrected chi connectivity index (χ3v) is 5.84. The van der Waals surface area contributed by atoms with Gasteiger partial charge in [0, 0.05) is 24.0 Å². The Morgan fingerprint density at radius 2 is 2.00 bits per heavy atom. The van der Waals surface area contributed by atoms with E-state index in [9.17, 15) is 9.59 Å². The fourth-order valence-corrected chi connectivity index (χ4v) is 4.70. The summed E-state index contributed by atoms with van der Waals surface area (Å²) in [6.07, 6.45) is 4.56. The second-order valence-electron chi connectivity index (χ2n) is 6.11. The summed E-state index contributed by atoms with van der Waals surface area (Å²) < 4.78 is 0. The zero-order valence-electron chi connectivity index (χ0n) is 13.0. The van der Waals surface area contributed by atoms with E-state index in [4.69, 9.17) is 5.73 Å². The van der Waals surface area contributed by atoms with Gasteiger partial charge in [0.1, 0.15) is 0 Å². The Labute approximate surface area is 135 Å². The fraction of sp³-hybridized carbons (Fsp3) is 0.625. The van der Waals surface area contributed by atoms with Gasteiger partial charge in [0.25, 0.3) is 5.91 Å². The van der Waals surface area contributed by atoms with Crippen molar-refractivity contribution in [2.45, 2.75) is 44.7 Å². The summed E-state index contributed by atoms with van der Waals surface area (Å²) in [6.45, 7) is 5.21. The van der Waals surface area contributed by atoms with Crippen molar-refractivity contribution in [1.29, 1.82) is 0 Å². The van der Waals surface area contributed by atoms with Gasteiger partial charge in [0.15, 0.2) is 0 Å². The van der Waals surface area contributed by atoms with Gasteiger partial charge in [-0.3, -0.25) is 14.5 Å². The minimum absolute atomic E-state index is 0.0583. The van der Waals surface area contributed by atoms with Crippen LogP contribution in [0.15, 0.2) is 11.4 Å². The fourth-order valence-electron chi connectivity index (χ4n) is 3.84. The zero-order chi connectivity index (χ0) is 15.7. The number of carbonyl (C=O) groups excluding carboxylic acids is 2. The van der Waals surface area contributed by atoms with E-state index >= 15 is 0 Å². The van der Waals surface area contributed by atoms with Gasteiger partial charge in [-0.05, 0) is 44.8 Å². The van der Waals surface area contributed by atoms with Crippen molar-refractivity contribution in [2.75, 3.05) is 19.6 Å². The van der Waals surface area contributed by atoms with Crippen molar-refractivity contribution < 1.29 is 9.59 Å². The zero-order valence-corrected chi connectivity index (χ0v) is 13.8. The molecule has 0 bridgehead atoms. The van der Waals surface area contributed by atoms with Gasteiger partial charge in [0.2, 0.25) is 5.91 Å². The first-order chi connectivity index (χ1) is 10.6. The quantitative estimate of drug-likeness (QED) is 0.921. The van der Waals surface area contributed by atoms with Crippen molar-refractivity contribution in [2.24, 2.45) is 5.73 Å². The van der Waals surface area contributed by atoms with E-state index in [0.29, 0.717) is 22.5 Å². The molecule has 6 heteroatoms. The second-order valence-corrected chi connectivity index (χ2v) is 7.02. The topological polar surface area (TPSA) is 66.6 Å². The Kier molecular flexibility index (Phi) is 4.49. The van der Waals surface area contributed by atoms with Crippen LogP contribution in [0.4, 0.5) is 0 Å². The van der Waals surface area contributed by atoms with Gasteiger partial charge >= 0.3 is 0 Å². The maximum absolute atomic E-state index is 12.8. The molecule has 22 heavy (non-hydrogen) atoms. The first kappa shape index (κ1) is 15.5. The monoisotopic (exact) mass is 321 g/mol. The average Bonchev–Trinajstić information content (AvgIpc) is 3.23. The summed E-state index contributed by atoms with van der Waals surface area (Å²) in [7, 11) is 0. The molecule has 2 amide bonds. The van der Waals surface area contributed by atoms with Crippen LogP contribution < -0.4 is 5.73 Å². The highest BCUT2D eigenvalue weighted by Gasteiger charge is 2.39. The van der Waals surface area contributed by atoms with Crippen LogP contribution in [-0.2, 0) is 0 Å². The van der Waals surface area contributed by atoms with Crippen molar-refractivity contribution in [3.05, 3.63) is 21.9 Å². The number of primary amides is 1. The number of hydrogen-bond acceptors (Lipinski definition) is 4. The van der Waals surface area contributed by atoms with E-state index < -0.39 is 5.91 Å². The normalized spacial score (nSPS) is 25.8. The first-order valence-electron chi connectivity index (χ1n) is 8.05. The molecule has 0 radical (unpaired) electrons. The average molecular weight is 321 g/mol. The lowest BCUT2D eigenvalue weighted by Crippen LogP contribution is -2.48. The van der Waals surface area contributed by atoms with Crippen LogP contribution in [0.5, 0.6) is 0 Å². The maximum atomic E-state index is 12.8. The Morgan fingerprint density at radius 3 is 2.68 bits per heavy atom. The molecule has 0 unspecified atom stereocenters. The van der Waals surface area contributed by atoms with Gasteiger partial charge < -0.3 is 10.6 Å². The van der Waals surface area contributed by atoms with Crippen LogP contribution >= 0.6 is 11.3 Å². The number of likely N-dealkylation sites (N-methyl/N-ethyl adjacent to an activating group) is 1. The molecule has 1 aromatic heterocycles. The predicted octanol–water partition coefficient (Wildman–Crippen LogP) is 1.94. The molecule has 3 rings (SSSR count). The summed E-state index contributed by atoms with van der Waals surface area (Å²) in [6, 6.07) is 2.44. The number of likely N-dealkylation sites (tertiary alicyclic amines) is 2. The van der Waals surface area contributed by atoms with E-state index in [2.05, 4.69) is 11.8 Å². The van der Waals surface area contributed by atoms with E-state index in [1.54, 1.807) is 11.4 Å². The van der Waals surface area contributed by atoms with Gasteiger partial charge in [-0.1, -0.05) is 6.92 Å². The Hall–Kier alpha value is -1.40. The second kappa shape index (κ2) is 6.38. The lowest BCUT2D eigenvalue weighted by molar-refractivity contribution is 0.0655. The lowest BCUT2D eigenvalue weighted by Gasteiger charge is -2.34. The molecule has 2 N–H and O–H groups in total. The molecule has 0 aliphatic carbocycles. The number of nitrogens with two attached hydrogens (primary N) is 1. The van der Waals surface area contributed by atoms with E-state index in [0.717, 1.165) is 32.5 Å². The molecule has 2 atom stereocenters. The number of carbonyl (C=O) groups is 2. The van der Waals surface area contributed by atoms with Gasteiger partial charge in [-0.2, -0.15) is 0 Å². The number of thiophene rings is 1. The molecule has 0 aromatic carbocycles. The molecule has 1 aromatic rings. The molecule has 5 nitrogen and oxygen atoms in total. The summed E-state index contributed by atoms with van der Waals surface area (Å²) in [4.78, 5) is 29.2. The minimum atomic E-state index is -0.471. The summed E-state index contributed by atoms with van der Waals surface area (Å²) in [5.41, 5.74) is 5.71. The third-order valence-electron chi connectivity index (χ3n) is 4.92. The minimum Gasteiger partial charge on any atom is -0.366 e. The summed E-state index contributed by atoms with van der Waals surface area (Å²) in [5.74, 6) is -0.413. The van der Waals surface area contributed by atoms with Crippen LogP contribution in [0.2, 0.25) is 0 Å². The lowest BCUT2D eigenvalue weighted by atomic mass is 10.0. The van der Waals surface area contributed by atoms with Crippen molar-refractivity contribution in [1.82, 2.24) is 9.80 Å². The largest absolute Gasteiger partial charge is 0.366 e. The van der Waals surface area contributed by atoms with Crippen molar-refractivity contribution in [3.63, 3.8) is 0 Å². The highest BCUT2D eigenvalue weighted by molar-refractivity contribution is 7.12. The van der Waals surface area contributed by atoms with Gasteiger partial charge in [-0.15, -0.1) is 11.3 Å². The number of nitrogens with zero attached hydrogens (tertiary/aromatic N) is 2. The molecule has 2 aliphatic heterocycles. The maximum Gasteiger partial charge on any atom is 0.264 e. The summed E-state index contributed by atoms with van der Waals surface area (Å²) in [5, 5.41) is 1.68. The van der Waals surface area contributed by atoms with Gasteiger partial charge in [-0.25, -0.2) is 0 Å². The third kappa shape index (κ3) is 2.77. The van der Waals surface area contributed by atoms with Crippen LogP contribution in [0.3, 0.4) is 0 Å². The number of amides is 2. The molecule has 0 saturated carbocycles. The smallest absolute Gasteiger partial charge is 0.264 e.